The number of aliphatic imine (C=N–C) groups is 6. The van der Waals surface area contributed by atoms with E-state index in [0.717, 1.165) is 35.4 Å². The molecule has 10 aromatic rings. The number of ether oxygens (including phenoxy) is 6. The molecule has 0 spiro atoms. The van der Waals surface area contributed by atoms with Gasteiger partial charge in [-0.15, -0.1) is 0 Å². The van der Waals surface area contributed by atoms with Crippen LogP contribution in [0.2, 0.25) is 10.0 Å². The van der Waals surface area contributed by atoms with Crippen LogP contribution in [0.1, 0.15) is 104 Å². The van der Waals surface area contributed by atoms with Gasteiger partial charge >= 0.3 is 33.0 Å². The van der Waals surface area contributed by atoms with Crippen LogP contribution < -0.4 is 53.9 Å². The Hall–Kier alpha value is -10.5. The van der Waals surface area contributed by atoms with Gasteiger partial charge in [0.05, 0.1) is 84.4 Å². The largest absolute Gasteiger partial charge is 3.00 e. The van der Waals surface area contributed by atoms with Crippen LogP contribution in [0.5, 0.6) is 0 Å². The van der Waals surface area contributed by atoms with Crippen molar-refractivity contribution in [1.29, 1.82) is 0 Å². The average Bonchev–Trinajstić information content (AvgIpc) is 0.891. The molecule has 0 atom stereocenters. The van der Waals surface area contributed by atoms with Gasteiger partial charge in [0.25, 0.3) is 0 Å². The molecule has 6 aliphatic rings. The van der Waals surface area contributed by atoms with Crippen molar-refractivity contribution in [3.63, 3.8) is 0 Å². The molecule has 0 amide bonds. The van der Waals surface area contributed by atoms with Crippen molar-refractivity contribution in [2.24, 2.45) is 30.0 Å². The summed E-state index contributed by atoms with van der Waals surface area (Å²) in [5, 5.41) is 21.2. The molecule has 0 bridgehead atoms. The van der Waals surface area contributed by atoms with E-state index in [9.17, 15) is 19.8 Å². The van der Waals surface area contributed by atoms with E-state index in [1.54, 1.807) is 24.3 Å². The third kappa shape index (κ3) is 28.3. The summed E-state index contributed by atoms with van der Waals surface area (Å²) < 4.78 is 34.5. The molecule has 16 rings (SSSR count). The number of benzene rings is 10. The maximum atomic E-state index is 10.2. The molecule has 124 heavy (non-hydrogen) atoms. The molecule has 0 aliphatic carbocycles. The van der Waals surface area contributed by atoms with Crippen molar-refractivity contribution in [1.82, 2.24) is 9.80 Å². The van der Waals surface area contributed by atoms with E-state index in [-0.39, 0.29) is 88.3 Å². The molecule has 2 radical (unpaired) electrons. The molecular formula is C98H114B2Cl2N8Ni2O12+4. The Morgan fingerprint density at radius 1 is 0.282 bits per heavy atom. The number of halogens is 2. The van der Waals surface area contributed by atoms with E-state index < -0.39 is 24.2 Å². The first kappa shape index (κ1) is 101. The minimum Gasteiger partial charge on any atom is -0.545 e. The molecule has 0 aromatic heterocycles. The number of hydrogen-bond donors (Lipinski definition) is 0. The second kappa shape index (κ2) is 45.4. The Balaban J connectivity index is 0.000000209. The molecule has 6 aliphatic heterocycles. The summed E-state index contributed by atoms with van der Waals surface area (Å²) in [6.07, 6.45) is -2.43. The number of carboxylic acids is 2. The Labute approximate surface area is 760 Å². The molecule has 10 aromatic carbocycles. The van der Waals surface area contributed by atoms with Crippen molar-refractivity contribution >= 4 is 127 Å². The Morgan fingerprint density at radius 3 is 0.548 bits per heavy atom. The molecule has 0 unspecified atom stereocenters. The van der Waals surface area contributed by atoms with E-state index in [1.165, 1.54) is 68.0 Å². The molecule has 26 heteroatoms. The first-order chi connectivity index (χ1) is 57.3. The predicted octanol–water partition coefficient (Wildman–Crippen LogP) is 9.51. The number of aromatic carboxylic acids is 2. The van der Waals surface area contributed by atoms with Gasteiger partial charge in [0.15, 0.2) is 35.4 Å². The van der Waals surface area contributed by atoms with E-state index >= 15 is 0 Å². The fourth-order valence-electron chi connectivity index (χ4n) is 15.4. The zero-order valence-electron chi connectivity index (χ0n) is 72.6. The summed E-state index contributed by atoms with van der Waals surface area (Å²) in [5.41, 5.74) is 9.97. The fourth-order valence-corrected chi connectivity index (χ4v) is 15.8. The van der Waals surface area contributed by atoms with Crippen molar-refractivity contribution in [2.75, 3.05) is 78.9 Å². The number of nitrogens with zero attached hydrogens (tertiary/aromatic N) is 8. The van der Waals surface area contributed by atoms with Gasteiger partial charge in [-0.1, -0.05) is 290 Å². The molecule has 6 N–H and O–H groups in total. The second-order valence-electron chi connectivity index (χ2n) is 34.5. The molecule has 0 saturated heterocycles. The van der Waals surface area contributed by atoms with Gasteiger partial charge in [0.2, 0.25) is 0 Å². The summed E-state index contributed by atoms with van der Waals surface area (Å²) in [6, 6.07) is 98.9. The van der Waals surface area contributed by atoms with Crippen LogP contribution in [0, 0.1) is 0 Å². The first-order valence-corrected chi connectivity index (χ1v) is 41.5. The van der Waals surface area contributed by atoms with Crippen LogP contribution in [0.25, 0.3) is 0 Å². The zero-order chi connectivity index (χ0) is 85.6. The Bertz CT molecular complexity index is 4420. The van der Waals surface area contributed by atoms with Crippen LogP contribution in [-0.4, -0.2) is 182 Å². The van der Waals surface area contributed by atoms with E-state index in [0.29, 0.717) is 89.0 Å². The van der Waals surface area contributed by atoms with Gasteiger partial charge < -0.3 is 59.2 Å². The van der Waals surface area contributed by atoms with Crippen LogP contribution >= 0.6 is 23.2 Å². The van der Waals surface area contributed by atoms with Crippen molar-refractivity contribution in [3.05, 3.63) is 312 Å². The average molecular weight is 1810 g/mol. The number of hydrogen-bond acceptors (Lipinski definition) is 18. The Morgan fingerprint density at radius 2 is 0.435 bits per heavy atom. The number of rotatable bonds is 22. The number of carboxylic acid groups (broad SMARTS) is 2. The Kier molecular flexibility index (Phi) is 36.8. The monoisotopic (exact) mass is 1800 g/mol. The predicted molar refractivity (Wildman–Crippen MR) is 499 cm³/mol. The molecule has 0 fully saturated rings. The summed E-state index contributed by atoms with van der Waals surface area (Å²) in [7, 11) is 0. The summed E-state index contributed by atoms with van der Waals surface area (Å²) in [5.74, 6) is 2.09. The standard InChI is InChI=1S/2C24H20B.2C18H30N4O3.2C7H5ClO2.2Ni.2H2O/c2*1-5-13-21(14-6-1)25(22-15-7-2-8-16-22,23-17-9-3-10-18-23)24-19-11-4-12-20-24;2*1-16(2)10-23-13(19-16)7-22(8-14-20-17(3,4)11-24-14)9-15-21-18(5,6)12-25-15;2*8-6-3-1-2-5(4-6)7(9)10;;;;/h2*1-20H;2*7-12H2,1-6H3;2*1-4H,(H,9,10);;;2*1H2/q2*-1;;;;;2*+3;;. The number of carbonyl (C=O) groups excluding carboxylic acids is 2. The third-order valence-corrected chi connectivity index (χ3v) is 21.3. The summed E-state index contributed by atoms with van der Waals surface area (Å²) in [6.45, 7) is 32.1. The molecular weight excluding hydrogens is 1690 g/mol. The molecule has 6 heterocycles. The number of carbonyl (C=O) groups is 2. The maximum absolute atomic E-state index is 10.2. The molecule has 0 saturated carbocycles. The van der Waals surface area contributed by atoms with Gasteiger partial charge in [0, 0.05) is 10.0 Å². The van der Waals surface area contributed by atoms with E-state index in [2.05, 4.69) is 365 Å². The van der Waals surface area contributed by atoms with Gasteiger partial charge in [-0.05, 0) is 118 Å². The zero-order valence-corrected chi connectivity index (χ0v) is 76.0. The summed E-state index contributed by atoms with van der Waals surface area (Å²) >= 11 is 11.0. The topological polar surface area (TPSA) is 282 Å². The van der Waals surface area contributed by atoms with Gasteiger partial charge in [-0.3, -0.25) is 9.80 Å². The minimum absolute atomic E-state index is 0. The van der Waals surface area contributed by atoms with Crippen LogP contribution in [0.15, 0.2) is 321 Å². The van der Waals surface area contributed by atoms with Gasteiger partial charge in [-0.25, -0.2) is 30.0 Å². The van der Waals surface area contributed by atoms with Crippen molar-refractivity contribution in [2.45, 2.75) is 116 Å². The van der Waals surface area contributed by atoms with Crippen molar-refractivity contribution in [3.8, 4) is 0 Å². The smallest absolute Gasteiger partial charge is 0.545 e. The SMILES string of the molecule is CC1(C)COC(CN(CC2=NC(C)(C)CO2)CC2=NC(C)(C)CO2)=N1.CC1(C)COC(CN(CC2=NC(C)(C)CO2)CC2=NC(C)(C)CO2)=N1.O=C([O-])c1cccc(Cl)c1.O=C([O-])c1cccc(Cl)c1.[Ni+3].[Ni+3].[OH3+].[OH3+].c1ccc([B-](c2ccccc2)(c2ccccc2)c2ccccc2)cc1.c1ccc([B-](c2ccccc2)(c2ccccc2)c2ccccc2)cc1. The third-order valence-electron chi connectivity index (χ3n) is 20.8. The second-order valence-corrected chi connectivity index (χ2v) is 35.4. The van der Waals surface area contributed by atoms with Crippen LogP contribution in [-0.2, 0) is 72.4 Å². The minimum atomic E-state index is -1.22. The summed E-state index contributed by atoms with van der Waals surface area (Å²) in [4.78, 5) is 52.6. The van der Waals surface area contributed by atoms with Gasteiger partial charge in [-0.2, -0.15) is 43.7 Å². The normalized spacial score (nSPS) is 16.4. The van der Waals surface area contributed by atoms with Gasteiger partial charge in [0.1, 0.15) is 51.9 Å². The van der Waals surface area contributed by atoms with Crippen LogP contribution in [0.3, 0.4) is 0 Å². The van der Waals surface area contributed by atoms with Crippen LogP contribution in [0.4, 0.5) is 0 Å². The molecule has 654 valence electrons. The van der Waals surface area contributed by atoms with Crippen molar-refractivity contribution < 1.29 is 92.2 Å². The molecule has 20 nitrogen and oxygen atoms in total. The first-order valence-electron chi connectivity index (χ1n) is 40.7. The van der Waals surface area contributed by atoms with E-state index in [4.69, 9.17) is 51.6 Å². The maximum Gasteiger partial charge on any atom is 3.00 e. The quantitative estimate of drug-likeness (QED) is 0.0453. The fraction of sp³-hybridized carbons (Fsp3) is 0.306. The van der Waals surface area contributed by atoms with E-state index in [1.807, 2.05) is 0 Å².